The molecule has 0 spiro atoms. The van der Waals surface area contributed by atoms with Gasteiger partial charge in [0, 0.05) is 30.1 Å². The van der Waals surface area contributed by atoms with Gasteiger partial charge in [0.25, 0.3) is 5.91 Å². The largest absolute Gasteiger partial charge is 0.417 e. The molecular formula is C20H23ClFN6O2+. The molecule has 4 rings (SSSR count). The van der Waals surface area contributed by atoms with Gasteiger partial charge in [0.1, 0.15) is 18.9 Å². The molecule has 3 amide bonds. The zero-order valence-corrected chi connectivity index (χ0v) is 18.2. The number of aliphatic imine (C=N–C) groups is 1. The van der Waals surface area contributed by atoms with E-state index < -0.39 is 17.9 Å². The number of guanidine groups is 1. The quantitative estimate of drug-likeness (QED) is 0.672. The van der Waals surface area contributed by atoms with E-state index in [1.165, 1.54) is 18.0 Å². The highest BCUT2D eigenvalue weighted by Crippen LogP contribution is 2.29. The molecule has 0 aliphatic carbocycles. The van der Waals surface area contributed by atoms with Gasteiger partial charge in [0.2, 0.25) is 11.9 Å². The van der Waals surface area contributed by atoms with E-state index in [0.29, 0.717) is 18.3 Å². The van der Waals surface area contributed by atoms with Gasteiger partial charge in [-0.2, -0.15) is 0 Å². The Labute approximate surface area is 178 Å². The fraction of sp³-hybridized carbons (Fsp3) is 0.450. The Morgan fingerprint density at radius 2 is 1.93 bits per heavy atom. The normalized spacial score (nSPS) is 21.7. The maximum absolute atomic E-state index is 14.5. The standard InChI is InChI=1S/C20H23ClFN6O2/c1-20(2,3)14-10-27-15-16(25(4)19(30)26(5)17(15)29)23-18(27)28(24-14)9-11-12(21)7-6-8-13(11)22/h6-8,15H,9-10H2,1-5H3/q+1. The minimum absolute atomic E-state index is 0.0438. The van der Waals surface area contributed by atoms with E-state index in [-0.39, 0.29) is 28.5 Å². The van der Waals surface area contributed by atoms with Gasteiger partial charge < -0.3 is 0 Å². The number of hydrogen-bond donors (Lipinski definition) is 0. The first kappa shape index (κ1) is 20.5. The highest BCUT2D eigenvalue weighted by Gasteiger charge is 2.54. The summed E-state index contributed by atoms with van der Waals surface area (Å²) in [5.74, 6) is -0.0662. The van der Waals surface area contributed by atoms with Gasteiger partial charge in [-0.05, 0) is 12.1 Å². The summed E-state index contributed by atoms with van der Waals surface area (Å²) in [6, 6.07) is 3.31. The lowest BCUT2D eigenvalue weighted by molar-refractivity contribution is -0.528. The van der Waals surface area contributed by atoms with Gasteiger partial charge in [0.15, 0.2) is 0 Å². The summed E-state index contributed by atoms with van der Waals surface area (Å²) in [5.41, 5.74) is 0.801. The van der Waals surface area contributed by atoms with E-state index in [9.17, 15) is 14.0 Å². The molecule has 1 aromatic carbocycles. The van der Waals surface area contributed by atoms with E-state index in [0.717, 1.165) is 10.6 Å². The second-order valence-electron chi connectivity index (χ2n) is 8.59. The van der Waals surface area contributed by atoms with E-state index in [2.05, 4.69) is 4.99 Å². The number of rotatable bonds is 2. The molecule has 10 heteroatoms. The van der Waals surface area contributed by atoms with Crippen molar-refractivity contribution >= 4 is 41.0 Å². The van der Waals surface area contributed by atoms with E-state index in [1.54, 1.807) is 24.2 Å². The minimum atomic E-state index is -0.737. The molecular weight excluding hydrogens is 411 g/mol. The number of fused-ring (bicyclic) bond motifs is 2. The van der Waals surface area contributed by atoms with Gasteiger partial charge in [-0.15, -0.1) is 10.1 Å². The molecule has 3 aliphatic heterocycles. The highest BCUT2D eigenvalue weighted by atomic mass is 35.5. The number of nitrogens with zero attached hydrogens (tertiary/aromatic N) is 6. The fourth-order valence-electron chi connectivity index (χ4n) is 3.66. The van der Waals surface area contributed by atoms with Crippen molar-refractivity contribution in [3.63, 3.8) is 0 Å². The van der Waals surface area contributed by atoms with Crippen LogP contribution in [0.15, 0.2) is 28.3 Å². The molecule has 158 valence electrons. The van der Waals surface area contributed by atoms with Crippen LogP contribution in [0.2, 0.25) is 5.02 Å². The van der Waals surface area contributed by atoms with Crippen molar-refractivity contribution < 1.29 is 18.6 Å². The van der Waals surface area contributed by atoms with Crippen LogP contribution in [0.25, 0.3) is 0 Å². The smallest absolute Gasteiger partial charge is 0.270 e. The molecule has 1 aromatic rings. The maximum Gasteiger partial charge on any atom is 0.417 e. The van der Waals surface area contributed by atoms with Crippen LogP contribution in [-0.4, -0.2) is 75.5 Å². The van der Waals surface area contributed by atoms with E-state index >= 15 is 0 Å². The number of carbonyl (C=O) groups excluding carboxylic acids is 2. The molecule has 1 fully saturated rings. The number of benzene rings is 1. The Morgan fingerprint density at radius 1 is 1.23 bits per heavy atom. The molecule has 8 nitrogen and oxygen atoms in total. The molecule has 0 saturated carbocycles. The van der Waals surface area contributed by atoms with Gasteiger partial charge in [0.05, 0.1) is 5.71 Å². The maximum atomic E-state index is 14.5. The Balaban J connectivity index is 1.82. The van der Waals surface area contributed by atoms with Gasteiger partial charge in [-0.25, -0.2) is 13.8 Å². The number of amides is 3. The second kappa shape index (κ2) is 6.87. The summed E-state index contributed by atoms with van der Waals surface area (Å²) in [4.78, 5) is 32.4. The minimum Gasteiger partial charge on any atom is -0.270 e. The predicted octanol–water partition coefficient (Wildman–Crippen LogP) is 2.37. The molecule has 0 N–H and O–H groups in total. The summed E-state index contributed by atoms with van der Waals surface area (Å²) < 4.78 is 16.3. The topological polar surface area (TPSA) is 71.6 Å². The van der Waals surface area contributed by atoms with Crippen LogP contribution in [0.4, 0.5) is 9.18 Å². The SMILES string of the molecule is CN1C(=O)C2C(=NC3=[N+]2CC(C(C)(C)C)=NN3Cc2c(F)cccc2Cl)N(C)C1=O. The van der Waals surface area contributed by atoms with Crippen LogP contribution < -0.4 is 0 Å². The lowest BCUT2D eigenvalue weighted by Crippen LogP contribution is -2.62. The number of imide groups is 1. The van der Waals surface area contributed by atoms with Crippen LogP contribution in [0, 0.1) is 11.2 Å². The number of carbonyl (C=O) groups is 2. The predicted molar refractivity (Wildman–Crippen MR) is 111 cm³/mol. The van der Waals surface area contributed by atoms with Gasteiger partial charge in [-0.3, -0.25) is 14.6 Å². The number of hydrogen-bond acceptors (Lipinski definition) is 5. The van der Waals surface area contributed by atoms with Crippen LogP contribution >= 0.6 is 11.6 Å². The average molecular weight is 434 g/mol. The van der Waals surface area contributed by atoms with Crippen molar-refractivity contribution in [2.75, 3.05) is 20.6 Å². The third-order valence-electron chi connectivity index (χ3n) is 5.54. The first-order chi connectivity index (χ1) is 14.0. The number of halogens is 2. The molecule has 1 atom stereocenters. The van der Waals surface area contributed by atoms with Crippen molar-refractivity contribution in [1.82, 2.24) is 14.8 Å². The first-order valence-electron chi connectivity index (χ1n) is 9.56. The Bertz CT molecular complexity index is 1040. The summed E-state index contributed by atoms with van der Waals surface area (Å²) in [7, 11) is 3.04. The van der Waals surface area contributed by atoms with E-state index in [4.69, 9.17) is 16.7 Å². The van der Waals surface area contributed by atoms with Crippen LogP contribution in [0.5, 0.6) is 0 Å². The third-order valence-corrected chi connectivity index (χ3v) is 5.89. The van der Waals surface area contributed by atoms with Crippen molar-refractivity contribution in [2.45, 2.75) is 33.4 Å². The Kier molecular flexibility index (Phi) is 4.68. The van der Waals surface area contributed by atoms with Crippen LogP contribution in [-0.2, 0) is 11.3 Å². The zero-order valence-electron chi connectivity index (χ0n) is 17.5. The van der Waals surface area contributed by atoms with E-state index in [1.807, 2.05) is 25.3 Å². The van der Waals surface area contributed by atoms with Gasteiger partial charge >= 0.3 is 12.0 Å². The van der Waals surface area contributed by atoms with Crippen molar-refractivity contribution in [2.24, 2.45) is 15.5 Å². The summed E-state index contributed by atoms with van der Waals surface area (Å²) in [5, 5.41) is 6.57. The van der Waals surface area contributed by atoms with Crippen molar-refractivity contribution in [1.29, 1.82) is 0 Å². The van der Waals surface area contributed by atoms with Gasteiger partial charge in [-0.1, -0.05) is 43.4 Å². The second-order valence-corrected chi connectivity index (χ2v) is 9.00. The number of amidine groups is 1. The lowest BCUT2D eigenvalue weighted by atomic mass is 9.89. The monoisotopic (exact) mass is 433 g/mol. The Hall–Kier alpha value is -2.81. The molecule has 30 heavy (non-hydrogen) atoms. The molecule has 0 radical (unpaired) electrons. The number of likely N-dealkylation sites (N-methyl/N-ethyl adjacent to an activating group) is 2. The Morgan fingerprint density at radius 3 is 2.57 bits per heavy atom. The van der Waals surface area contributed by atoms with Crippen molar-refractivity contribution in [3.8, 4) is 0 Å². The number of urea groups is 1. The summed E-state index contributed by atoms with van der Waals surface area (Å²) >= 11 is 6.24. The van der Waals surface area contributed by atoms with Crippen molar-refractivity contribution in [3.05, 3.63) is 34.6 Å². The van der Waals surface area contributed by atoms with Crippen LogP contribution in [0.3, 0.4) is 0 Å². The fourth-order valence-corrected chi connectivity index (χ4v) is 3.89. The summed E-state index contributed by atoms with van der Waals surface area (Å²) in [6.07, 6.45) is 0. The first-order valence-corrected chi connectivity index (χ1v) is 9.94. The summed E-state index contributed by atoms with van der Waals surface area (Å²) in [6.45, 7) is 6.48. The molecule has 0 aromatic heterocycles. The number of hydrazone groups is 1. The third kappa shape index (κ3) is 3.08. The molecule has 3 aliphatic rings. The molecule has 0 bridgehead atoms. The lowest BCUT2D eigenvalue weighted by Gasteiger charge is -2.33. The average Bonchev–Trinajstić information content (AvgIpc) is 3.06. The molecule has 3 heterocycles. The molecule has 1 unspecified atom stereocenters. The highest BCUT2D eigenvalue weighted by molar-refractivity contribution is 6.31. The molecule has 1 saturated heterocycles. The van der Waals surface area contributed by atoms with Crippen LogP contribution in [0.1, 0.15) is 26.3 Å². The zero-order chi connectivity index (χ0) is 22.0.